The average molecular weight is 411 g/mol. The monoisotopic (exact) mass is 410 g/mol. The highest BCUT2D eigenvalue weighted by Gasteiger charge is 2.45. The van der Waals surface area contributed by atoms with E-state index in [1.807, 2.05) is 36.1 Å². The number of carbonyl (C=O) groups is 2. The first-order valence-corrected chi connectivity index (χ1v) is 10.9. The minimum absolute atomic E-state index is 0.0781. The first kappa shape index (κ1) is 20.6. The molecule has 1 saturated carbocycles. The van der Waals surface area contributed by atoms with Crippen molar-refractivity contribution in [3.8, 4) is 11.4 Å². The van der Waals surface area contributed by atoms with Crippen molar-refractivity contribution < 1.29 is 14.1 Å². The van der Waals surface area contributed by atoms with E-state index in [9.17, 15) is 9.59 Å². The van der Waals surface area contributed by atoms with Crippen LogP contribution in [0, 0.1) is 18.3 Å². The van der Waals surface area contributed by atoms with Crippen molar-refractivity contribution in [2.45, 2.75) is 58.3 Å². The highest BCUT2D eigenvalue weighted by Crippen LogP contribution is 2.44. The number of piperidine rings is 1. The zero-order chi connectivity index (χ0) is 21.1. The third-order valence-corrected chi connectivity index (χ3v) is 6.39. The molecule has 1 aliphatic heterocycles. The number of hydrogen-bond donors (Lipinski definition) is 1. The molecule has 2 aromatic rings. The summed E-state index contributed by atoms with van der Waals surface area (Å²) in [5, 5.41) is 4.04. The van der Waals surface area contributed by atoms with Crippen molar-refractivity contribution in [3.63, 3.8) is 0 Å². The van der Waals surface area contributed by atoms with Crippen LogP contribution >= 0.6 is 0 Å². The Morgan fingerprint density at radius 2 is 2.03 bits per heavy atom. The molecule has 1 unspecified atom stereocenters. The number of benzene rings is 1. The SMILES string of the molecule is Cc1ccc(-c2noc(CCCC(=O)N3CCCC(CC4CC4)(C(N)=O)C3)n2)cc1. The fraction of sp³-hybridized carbons (Fsp3) is 0.565. The van der Waals surface area contributed by atoms with Gasteiger partial charge in [0.2, 0.25) is 23.5 Å². The molecule has 2 heterocycles. The molecule has 30 heavy (non-hydrogen) atoms. The maximum atomic E-state index is 12.8. The van der Waals surface area contributed by atoms with Crippen LogP contribution in [0.1, 0.15) is 56.4 Å². The number of nitrogens with two attached hydrogens (primary N) is 1. The van der Waals surface area contributed by atoms with Gasteiger partial charge in [-0.1, -0.05) is 47.8 Å². The van der Waals surface area contributed by atoms with Crippen LogP contribution in [-0.4, -0.2) is 39.9 Å². The zero-order valence-corrected chi connectivity index (χ0v) is 17.6. The molecule has 0 radical (unpaired) electrons. The van der Waals surface area contributed by atoms with Crippen LogP contribution in [0.15, 0.2) is 28.8 Å². The van der Waals surface area contributed by atoms with Gasteiger partial charge in [-0.05, 0) is 38.5 Å². The van der Waals surface area contributed by atoms with E-state index >= 15 is 0 Å². The summed E-state index contributed by atoms with van der Waals surface area (Å²) < 4.78 is 5.34. The van der Waals surface area contributed by atoms with Crippen LogP contribution < -0.4 is 5.73 Å². The second kappa shape index (κ2) is 8.58. The number of primary amides is 1. The van der Waals surface area contributed by atoms with E-state index in [-0.39, 0.29) is 11.8 Å². The van der Waals surface area contributed by atoms with Crippen molar-refractivity contribution in [1.29, 1.82) is 0 Å². The lowest BCUT2D eigenvalue weighted by Gasteiger charge is -2.41. The Morgan fingerprint density at radius 1 is 1.27 bits per heavy atom. The lowest BCUT2D eigenvalue weighted by atomic mass is 9.75. The third-order valence-electron chi connectivity index (χ3n) is 6.39. The van der Waals surface area contributed by atoms with Gasteiger partial charge in [-0.25, -0.2) is 0 Å². The molecule has 0 bridgehead atoms. The Labute approximate surface area is 177 Å². The molecule has 1 atom stereocenters. The number of carbonyl (C=O) groups excluding carboxylic acids is 2. The van der Waals surface area contributed by atoms with Crippen LogP contribution in [0.25, 0.3) is 11.4 Å². The highest BCUT2D eigenvalue weighted by molar-refractivity contribution is 5.83. The lowest BCUT2D eigenvalue weighted by Crippen LogP contribution is -2.52. The average Bonchev–Trinajstić information content (AvgIpc) is 3.42. The molecule has 2 aliphatic rings. The van der Waals surface area contributed by atoms with Crippen LogP contribution in [0.5, 0.6) is 0 Å². The summed E-state index contributed by atoms with van der Waals surface area (Å²) >= 11 is 0. The van der Waals surface area contributed by atoms with E-state index in [2.05, 4.69) is 10.1 Å². The first-order valence-electron chi connectivity index (χ1n) is 10.9. The standard InChI is InChI=1S/C23H30N4O3/c1-16-6-10-18(11-7-16)21-25-19(30-26-21)4-2-5-20(28)27-13-3-12-23(15-27,22(24)29)14-17-8-9-17/h6-7,10-11,17H,2-5,8-9,12-15H2,1H3,(H2,24,29). The maximum Gasteiger partial charge on any atom is 0.226 e. The minimum atomic E-state index is -0.537. The van der Waals surface area contributed by atoms with Crippen LogP contribution in [0.4, 0.5) is 0 Å². The van der Waals surface area contributed by atoms with Gasteiger partial charge in [0.25, 0.3) is 0 Å². The lowest BCUT2D eigenvalue weighted by molar-refractivity contribution is -0.140. The van der Waals surface area contributed by atoms with Gasteiger partial charge in [0.15, 0.2) is 0 Å². The number of amides is 2. The van der Waals surface area contributed by atoms with Gasteiger partial charge in [0.05, 0.1) is 5.41 Å². The van der Waals surface area contributed by atoms with Crippen LogP contribution in [-0.2, 0) is 16.0 Å². The number of rotatable bonds is 8. The van der Waals surface area contributed by atoms with Crippen molar-refractivity contribution in [2.24, 2.45) is 17.1 Å². The summed E-state index contributed by atoms with van der Waals surface area (Å²) in [5.41, 5.74) is 7.33. The van der Waals surface area contributed by atoms with E-state index < -0.39 is 5.41 Å². The van der Waals surface area contributed by atoms with Crippen molar-refractivity contribution in [1.82, 2.24) is 15.0 Å². The first-order chi connectivity index (χ1) is 14.4. The highest BCUT2D eigenvalue weighted by atomic mass is 16.5. The normalized spacial score (nSPS) is 21.6. The second-order valence-electron chi connectivity index (χ2n) is 8.94. The summed E-state index contributed by atoms with van der Waals surface area (Å²) in [6.45, 7) is 3.21. The maximum absolute atomic E-state index is 12.8. The Morgan fingerprint density at radius 3 is 2.73 bits per heavy atom. The summed E-state index contributed by atoms with van der Waals surface area (Å²) in [6.07, 6.45) is 6.42. The van der Waals surface area contributed by atoms with E-state index in [4.69, 9.17) is 10.3 Å². The quantitative estimate of drug-likeness (QED) is 0.719. The van der Waals surface area contributed by atoms with E-state index in [1.54, 1.807) is 0 Å². The molecular formula is C23H30N4O3. The molecule has 2 amide bonds. The number of nitrogens with zero attached hydrogens (tertiary/aromatic N) is 3. The zero-order valence-electron chi connectivity index (χ0n) is 17.6. The fourth-order valence-corrected chi connectivity index (χ4v) is 4.41. The smallest absolute Gasteiger partial charge is 0.226 e. The molecule has 2 fully saturated rings. The van der Waals surface area contributed by atoms with Gasteiger partial charge < -0.3 is 15.2 Å². The number of aromatic nitrogens is 2. The summed E-state index contributed by atoms with van der Waals surface area (Å²) in [7, 11) is 0. The molecule has 160 valence electrons. The van der Waals surface area contributed by atoms with Gasteiger partial charge in [-0.15, -0.1) is 0 Å². The molecule has 1 aromatic carbocycles. The Kier molecular flexibility index (Phi) is 5.88. The Balaban J connectivity index is 1.29. The van der Waals surface area contributed by atoms with Gasteiger partial charge in [0, 0.05) is 31.5 Å². The van der Waals surface area contributed by atoms with Crippen molar-refractivity contribution in [2.75, 3.05) is 13.1 Å². The van der Waals surface area contributed by atoms with Gasteiger partial charge in [-0.2, -0.15) is 4.98 Å². The minimum Gasteiger partial charge on any atom is -0.369 e. The predicted molar refractivity (Wildman–Crippen MR) is 112 cm³/mol. The molecule has 4 rings (SSSR count). The van der Waals surface area contributed by atoms with Crippen LogP contribution in [0.2, 0.25) is 0 Å². The third kappa shape index (κ3) is 4.71. The Bertz CT molecular complexity index is 903. The van der Waals surface area contributed by atoms with E-state index in [1.165, 1.54) is 18.4 Å². The summed E-state index contributed by atoms with van der Waals surface area (Å²) in [4.78, 5) is 31.2. The van der Waals surface area contributed by atoms with Crippen LogP contribution in [0.3, 0.4) is 0 Å². The van der Waals surface area contributed by atoms with Gasteiger partial charge in [-0.3, -0.25) is 9.59 Å². The van der Waals surface area contributed by atoms with E-state index in [0.717, 1.165) is 24.8 Å². The molecule has 1 aromatic heterocycles. The van der Waals surface area contributed by atoms with Gasteiger partial charge >= 0.3 is 0 Å². The van der Waals surface area contributed by atoms with Crippen molar-refractivity contribution in [3.05, 3.63) is 35.7 Å². The molecule has 1 aliphatic carbocycles. The molecule has 1 saturated heterocycles. The van der Waals surface area contributed by atoms with Crippen molar-refractivity contribution >= 4 is 11.8 Å². The summed E-state index contributed by atoms with van der Waals surface area (Å²) in [6, 6.07) is 7.96. The molecule has 7 nitrogen and oxygen atoms in total. The molecular weight excluding hydrogens is 380 g/mol. The number of likely N-dealkylation sites (tertiary alicyclic amines) is 1. The topological polar surface area (TPSA) is 102 Å². The van der Waals surface area contributed by atoms with Gasteiger partial charge in [0.1, 0.15) is 0 Å². The fourth-order valence-electron chi connectivity index (χ4n) is 4.41. The Hall–Kier alpha value is -2.70. The number of hydrogen-bond acceptors (Lipinski definition) is 5. The largest absolute Gasteiger partial charge is 0.369 e. The molecule has 7 heteroatoms. The predicted octanol–water partition coefficient (Wildman–Crippen LogP) is 3.26. The number of aryl methyl sites for hydroxylation is 2. The molecule has 0 spiro atoms. The molecule has 2 N–H and O–H groups in total. The summed E-state index contributed by atoms with van der Waals surface area (Å²) in [5.74, 6) is 1.54. The second-order valence-corrected chi connectivity index (χ2v) is 8.94. The van der Waals surface area contributed by atoms with E-state index in [0.29, 0.717) is 50.0 Å².